The Kier molecular flexibility index (Phi) is 5.77. The van der Waals surface area contributed by atoms with Crippen molar-refractivity contribution in [1.29, 1.82) is 0 Å². The van der Waals surface area contributed by atoms with E-state index in [0.717, 1.165) is 22.6 Å². The molecule has 0 saturated carbocycles. The van der Waals surface area contributed by atoms with Crippen LogP contribution in [0.15, 0.2) is 66.7 Å². The lowest BCUT2D eigenvalue weighted by molar-refractivity contribution is 0.0696. The summed E-state index contributed by atoms with van der Waals surface area (Å²) in [6.45, 7) is 5.01. The van der Waals surface area contributed by atoms with E-state index in [2.05, 4.69) is 24.4 Å². The van der Waals surface area contributed by atoms with E-state index in [-0.39, 0.29) is 0 Å². The molecule has 0 aliphatic rings. The normalized spacial score (nSPS) is 10.4. The first kappa shape index (κ1) is 18.5. The summed E-state index contributed by atoms with van der Waals surface area (Å²) in [5.74, 6) is -0.101. The summed E-state index contributed by atoms with van der Waals surface area (Å²) in [6, 6.07) is 21.4. The number of anilines is 1. The highest BCUT2D eigenvalue weighted by molar-refractivity contribution is 5.91. The number of carbonyl (C=O) groups is 1. The molecular formula is C23H23NO3. The minimum absolute atomic E-state index is 0.315. The van der Waals surface area contributed by atoms with Gasteiger partial charge in [0.05, 0.1) is 5.56 Å². The van der Waals surface area contributed by atoms with Gasteiger partial charge in [-0.15, -0.1) is 0 Å². The Hall–Kier alpha value is -3.27. The predicted octanol–water partition coefficient (Wildman–Crippen LogP) is 5.19. The van der Waals surface area contributed by atoms with Crippen molar-refractivity contribution in [1.82, 2.24) is 0 Å². The molecule has 0 saturated heterocycles. The molecule has 0 radical (unpaired) electrons. The van der Waals surface area contributed by atoms with Crippen molar-refractivity contribution in [3.05, 3.63) is 94.5 Å². The van der Waals surface area contributed by atoms with Crippen molar-refractivity contribution in [2.75, 3.05) is 5.32 Å². The molecule has 138 valence electrons. The molecule has 3 aromatic rings. The quantitative estimate of drug-likeness (QED) is 0.608. The first-order valence-corrected chi connectivity index (χ1v) is 8.87. The van der Waals surface area contributed by atoms with Crippen molar-refractivity contribution in [2.45, 2.75) is 27.0 Å². The van der Waals surface area contributed by atoms with E-state index < -0.39 is 5.97 Å². The van der Waals surface area contributed by atoms with E-state index in [1.807, 2.05) is 49.4 Å². The number of ether oxygens (including phenoxy) is 1. The number of carboxylic acids is 1. The van der Waals surface area contributed by atoms with Crippen LogP contribution in [0.2, 0.25) is 0 Å². The number of benzene rings is 3. The van der Waals surface area contributed by atoms with Gasteiger partial charge in [0.15, 0.2) is 0 Å². The zero-order chi connectivity index (χ0) is 19.2. The highest BCUT2D eigenvalue weighted by atomic mass is 16.5. The van der Waals surface area contributed by atoms with E-state index in [1.54, 1.807) is 12.1 Å². The topological polar surface area (TPSA) is 58.6 Å². The molecule has 2 N–H and O–H groups in total. The van der Waals surface area contributed by atoms with Gasteiger partial charge in [0.25, 0.3) is 0 Å². The smallest absolute Gasteiger partial charge is 0.336 e. The third kappa shape index (κ3) is 4.67. The van der Waals surface area contributed by atoms with Crippen LogP contribution in [-0.2, 0) is 13.2 Å². The monoisotopic (exact) mass is 361 g/mol. The highest BCUT2D eigenvalue weighted by Crippen LogP contribution is 2.21. The Labute approximate surface area is 159 Å². The van der Waals surface area contributed by atoms with E-state index >= 15 is 0 Å². The Morgan fingerprint density at radius 1 is 1.00 bits per heavy atom. The Morgan fingerprint density at radius 3 is 2.56 bits per heavy atom. The molecule has 27 heavy (non-hydrogen) atoms. The van der Waals surface area contributed by atoms with Crippen LogP contribution in [0.25, 0.3) is 0 Å². The van der Waals surface area contributed by atoms with E-state index in [9.17, 15) is 9.90 Å². The fourth-order valence-corrected chi connectivity index (χ4v) is 2.93. The van der Waals surface area contributed by atoms with Crippen LogP contribution in [0.1, 0.15) is 32.6 Å². The van der Waals surface area contributed by atoms with Gasteiger partial charge in [-0.2, -0.15) is 0 Å². The average Bonchev–Trinajstić information content (AvgIpc) is 2.67. The molecule has 0 fully saturated rings. The van der Waals surface area contributed by atoms with Gasteiger partial charge in [0.2, 0.25) is 0 Å². The molecule has 3 aromatic carbocycles. The minimum Gasteiger partial charge on any atom is -0.489 e. The maximum Gasteiger partial charge on any atom is 0.336 e. The lowest BCUT2D eigenvalue weighted by Crippen LogP contribution is -2.06. The molecule has 0 unspecified atom stereocenters. The molecule has 0 heterocycles. The van der Waals surface area contributed by atoms with Crippen LogP contribution < -0.4 is 10.1 Å². The van der Waals surface area contributed by atoms with Crippen LogP contribution in [0.5, 0.6) is 5.75 Å². The number of aryl methyl sites for hydroxylation is 1. The number of nitrogens with one attached hydrogen (secondary N) is 1. The fraction of sp³-hybridized carbons (Fsp3) is 0.174. The van der Waals surface area contributed by atoms with Crippen molar-refractivity contribution < 1.29 is 14.6 Å². The van der Waals surface area contributed by atoms with Gasteiger partial charge in [0, 0.05) is 12.2 Å². The maximum absolute atomic E-state index is 11.3. The molecule has 3 rings (SSSR count). The van der Waals surface area contributed by atoms with Gasteiger partial charge in [0.1, 0.15) is 12.4 Å². The zero-order valence-electron chi connectivity index (χ0n) is 15.5. The fourth-order valence-electron chi connectivity index (χ4n) is 2.93. The molecule has 0 atom stereocenters. The van der Waals surface area contributed by atoms with Crippen molar-refractivity contribution in [3.8, 4) is 5.75 Å². The Morgan fingerprint density at radius 2 is 1.78 bits per heavy atom. The average molecular weight is 361 g/mol. The lowest BCUT2D eigenvalue weighted by Gasteiger charge is -2.13. The van der Waals surface area contributed by atoms with Gasteiger partial charge in [-0.05, 0) is 60.4 Å². The molecule has 0 amide bonds. The number of rotatable bonds is 7. The predicted molar refractivity (Wildman–Crippen MR) is 107 cm³/mol. The van der Waals surface area contributed by atoms with Crippen LogP contribution in [0.3, 0.4) is 0 Å². The lowest BCUT2D eigenvalue weighted by atomic mass is 10.1. The van der Waals surface area contributed by atoms with Gasteiger partial charge < -0.3 is 15.2 Å². The molecule has 0 aliphatic carbocycles. The summed E-state index contributed by atoms with van der Waals surface area (Å²) in [5.41, 5.74) is 5.32. The Balaban J connectivity index is 1.65. The summed E-state index contributed by atoms with van der Waals surface area (Å²) in [7, 11) is 0. The second kappa shape index (κ2) is 8.41. The molecule has 0 bridgehead atoms. The van der Waals surface area contributed by atoms with E-state index in [0.29, 0.717) is 18.7 Å². The summed E-state index contributed by atoms with van der Waals surface area (Å²) >= 11 is 0. The number of hydrogen-bond acceptors (Lipinski definition) is 3. The first-order valence-electron chi connectivity index (χ1n) is 8.87. The van der Waals surface area contributed by atoms with Crippen molar-refractivity contribution in [3.63, 3.8) is 0 Å². The van der Waals surface area contributed by atoms with Crippen molar-refractivity contribution >= 4 is 11.7 Å². The third-order valence-corrected chi connectivity index (χ3v) is 4.60. The van der Waals surface area contributed by atoms with Crippen LogP contribution in [0, 0.1) is 13.8 Å². The second-order valence-corrected chi connectivity index (χ2v) is 6.50. The Bertz CT molecular complexity index is 950. The van der Waals surface area contributed by atoms with E-state index in [1.165, 1.54) is 11.1 Å². The van der Waals surface area contributed by atoms with Crippen LogP contribution in [0.4, 0.5) is 5.69 Å². The molecular weight excluding hydrogens is 338 g/mol. The highest BCUT2D eigenvalue weighted by Gasteiger charge is 2.09. The van der Waals surface area contributed by atoms with Gasteiger partial charge in [-0.3, -0.25) is 0 Å². The van der Waals surface area contributed by atoms with Gasteiger partial charge in [-0.25, -0.2) is 4.79 Å². The van der Waals surface area contributed by atoms with Crippen LogP contribution in [-0.4, -0.2) is 11.1 Å². The standard InChI is InChI=1S/C23H23NO3/c1-16-7-3-4-9-19(16)15-27-20-10-5-8-18(13-20)14-24-22-12-6-11-21(17(22)2)23(25)26/h3-13,24H,14-15H2,1-2H3,(H,25,26). The SMILES string of the molecule is Cc1ccccc1COc1cccc(CNc2cccc(C(=O)O)c2C)c1. The molecule has 4 heteroatoms. The number of aromatic carboxylic acids is 1. The minimum atomic E-state index is -0.914. The first-order chi connectivity index (χ1) is 13.0. The summed E-state index contributed by atoms with van der Waals surface area (Å²) in [5, 5.41) is 12.6. The molecule has 0 aliphatic heterocycles. The summed E-state index contributed by atoms with van der Waals surface area (Å²) in [4.78, 5) is 11.3. The summed E-state index contributed by atoms with van der Waals surface area (Å²) in [6.07, 6.45) is 0. The van der Waals surface area contributed by atoms with Crippen LogP contribution >= 0.6 is 0 Å². The number of hydrogen-bond donors (Lipinski definition) is 2. The molecule has 4 nitrogen and oxygen atoms in total. The van der Waals surface area contributed by atoms with Gasteiger partial charge in [-0.1, -0.05) is 42.5 Å². The maximum atomic E-state index is 11.3. The largest absolute Gasteiger partial charge is 0.489 e. The summed E-state index contributed by atoms with van der Waals surface area (Å²) < 4.78 is 5.93. The van der Waals surface area contributed by atoms with Crippen molar-refractivity contribution in [2.24, 2.45) is 0 Å². The molecule has 0 spiro atoms. The van der Waals surface area contributed by atoms with Gasteiger partial charge >= 0.3 is 5.97 Å². The zero-order valence-corrected chi connectivity index (χ0v) is 15.5. The third-order valence-electron chi connectivity index (χ3n) is 4.60. The van der Waals surface area contributed by atoms with E-state index in [4.69, 9.17) is 4.74 Å². The number of carboxylic acid groups (broad SMARTS) is 1. The second-order valence-electron chi connectivity index (χ2n) is 6.50. The molecule has 0 aromatic heterocycles.